The second-order valence-corrected chi connectivity index (χ2v) is 11.3. The molecule has 0 saturated carbocycles. The number of carbonyl (C=O) groups is 1. The summed E-state index contributed by atoms with van der Waals surface area (Å²) in [5, 5.41) is 1.85. The summed E-state index contributed by atoms with van der Waals surface area (Å²) in [6.45, 7) is 6.28. The second kappa shape index (κ2) is 12.5. The molecule has 2 aromatic carbocycles. The Morgan fingerprint density at radius 2 is 1.83 bits per heavy atom. The van der Waals surface area contributed by atoms with Crippen LogP contribution in [0.1, 0.15) is 32.8 Å². The monoisotopic (exact) mass is 512 g/mol. The molecule has 30 heavy (non-hydrogen) atoms. The number of allylic oxidation sites excluding steroid dienone is 1. The quantitative estimate of drug-likeness (QED) is 0.221. The molecular formula is C24H29ClO3SSe. The maximum absolute atomic E-state index is 12.7. The van der Waals surface area contributed by atoms with E-state index in [2.05, 4.69) is 25.1 Å². The number of methoxy groups -OCH3 is 1. The van der Waals surface area contributed by atoms with Gasteiger partial charge in [-0.05, 0) is 0 Å². The number of hydrogen-bond donors (Lipinski definition) is 0. The number of benzene rings is 2. The third-order valence-electron chi connectivity index (χ3n) is 4.48. The van der Waals surface area contributed by atoms with Gasteiger partial charge < -0.3 is 0 Å². The Labute approximate surface area is 195 Å². The molecule has 6 heteroatoms. The van der Waals surface area contributed by atoms with Gasteiger partial charge in [-0.3, -0.25) is 0 Å². The van der Waals surface area contributed by atoms with Gasteiger partial charge in [-0.25, -0.2) is 0 Å². The second-order valence-electron chi connectivity index (χ2n) is 7.01. The summed E-state index contributed by atoms with van der Waals surface area (Å²) >= 11 is 7.94. The van der Waals surface area contributed by atoms with Crippen molar-refractivity contribution in [2.24, 2.45) is 0 Å². The molecule has 0 aliphatic heterocycles. The molecular weight excluding hydrogens is 483 g/mol. The van der Waals surface area contributed by atoms with E-state index in [4.69, 9.17) is 21.1 Å². The van der Waals surface area contributed by atoms with Gasteiger partial charge >= 0.3 is 189 Å². The Hall–Kier alpha value is -1.39. The number of rotatable bonds is 11. The number of carbonyl (C=O) groups excluding carboxylic acids is 1. The number of esters is 1. The van der Waals surface area contributed by atoms with Gasteiger partial charge in [0, 0.05) is 0 Å². The molecule has 0 aliphatic carbocycles. The first-order chi connectivity index (χ1) is 14.4. The van der Waals surface area contributed by atoms with Gasteiger partial charge in [0.05, 0.1) is 7.11 Å². The fraction of sp³-hybridized carbons (Fsp3) is 0.375. The van der Waals surface area contributed by atoms with Crippen molar-refractivity contribution in [1.29, 1.82) is 0 Å². The molecule has 0 amide bonds. The van der Waals surface area contributed by atoms with Crippen molar-refractivity contribution in [2.45, 2.75) is 43.0 Å². The van der Waals surface area contributed by atoms with Crippen LogP contribution in [0.2, 0.25) is 10.3 Å². The normalized spacial score (nSPS) is 13.6. The van der Waals surface area contributed by atoms with Crippen LogP contribution in [0, 0.1) is 0 Å². The van der Waals surface area contributed by atoms with Gasteiger partial charge in [-0.1, -0.05) is 0 Å². The van der Waals surface area contributed by atoms with Crippen LogP contribution in [-0.4, -0.2) is 39.4 Å². The molecule has 0 unspecified atom stereocenters. The molecule has 0 bridgehead atoms. The van der Waals surface area contributed by atoms with Crippen LogP contribution < -0.4 is 9.20 Å². The Balaban J connectivity index is 2.01. The summed E-state index contributed by atoms with van der Waals surface area (Å²) in [4.78, 5) is 12.7. The molecule has 0 heterocycles. The Bertz CT molecular complexity index is 837. The first-order valence-corrected chi connectivity index (χ1v) is 13.3. The summed E-state index contributed by atoms with van der Waals surface area (Å²) in [7, 11) is 1.66. The summed E-state index contributed by atoms with van der Waals surface area (Å²) in [6.07, 6.45) is 3.04. The van der Waals surface area contributed by atoms with E-state index >= 15 is 0 Å². The van der Waals surface area contributed by atoms with Crippen molar-refractivity contribution in [2.75, 3.05) is 13.7 Å². The Kier molecular flexibility index (Phi) is 10.3. The van der Waals surface area contributed by atoms with Crippen LogP contribution in [-0.2, 0) is 15.3 Å². The van der Waals surface area contributed by atoms with E-state index in [0.29, 0.717) is 21.6 Å². The van der Waals surface area contributed by atoms with Crippen molar-refractivity contribution in [3.63, 3.8) is 0 Å². The van der Waals surface area contributed by atoms with Crippen LogP contribution in [0.25, 0.3) is 0 Å². The number of hydrogen-bond acceptors (Lipinski definition) is 4. The number of ether oxygens (including phenoxy) is 2. The van der Waals surface area contributed by atoms with Crippen LogP contribution in [0.15, 0.2) is 60.2 Å². The third-order valence-corrected chi connectivity index (χ3v) is 8.22. The maximum atomic E-state index is 12.7. The van der Waals surface area contributed by atoms with Crippen LogP contribution in [0.5, 0.6) is 5.75 Å². The van der Waals surface area contributed by atoms with Gasteiger partial charge in [0.1, 0.15) is 0 Å². The van der Waals surface area contributed by atoms with Crippen molar-refractivity contribution in [1.82, 2.24) is 0 Å². The number of thioether (sulfide) groups is 1. The molecule has 0 saturated heterocycles. The van der Waals surface area contributed by atoms with Crippen LogP contribution in [0.4, 0.5) is 0 Å². The molecule has 162 valence electrons. The van der Waals surface area contributed by atoms with Gasteiger partial charge in [0.25, 0.3) is 0 Å². The molecule has 0 aliphatic rings. The van der Waals surface area contributed by atoms with Gasteiger partial charge in [-0.2, -0.15) is 0 Å². The zero-order chi connectivity index (χ0) is 22.0. The molecule has 0 spiro atoms. The minimum absolute atomic E-state index is 0.189. The third kappa shape index (κ3) is 8.03. The van der Waals surface area contributed by atoms with Crippen LogP contribution >= 0.6 is 23.4 Å². The molecule has 2 rings (SSSR count). The topological polar surface area (TPSA) is 35.5 Å². The molecule has 3 nitrogen and oxygen atoms in total. The van der Waals surface area contributed by atoms with E-state index < -0.39 is 4.75 Å². The van der Waals surface area contributed by atoms with E-state index in [-0.39, 0.29) is 5.97 Å². The summed E-state index contributed by atoms with van der Waals surface area (Å²) in [5.41, 5.74) is 2.36. The standard InChI is InChI=1S/C24H29ClO3SSe/c1-5-28-23(26)24(3,29-17-19-6-10-21(27-4)11-7-19)16-18(2)14-15-30-22-12-8-20(25)9-13-22/h6-13,16H,5,14-15,17H2,1-4H3/b18-16+/t24-/m0/s1. The first-order valence-electron chi connectivity index (χ1n) is 9.87. The number of halogens is 1. The van der Waals surface area contributed by atoms with Crippen molar-refractivity contribution >= 4 is 48.8 Å². The molecule has 0 aromatic heterocycles. The minimum atomic E-state index is -0.715. The van der Waals surface area contributed by atoms with Gasteiger partial charge in [-0.15, -0.1) is 0 Å². The van der Waals surface area contributed by atoms with E-state index in [1.165, 1.54) is 10.0 Å². The van der Waals surface area contributed by atoms with Gasteiger partial charge in [0.15, 0.2) is 0 Å². The average molecular weight is 512 g/mol. The average Bonchev–Trinajstić information content (AvgIpc) is 2.74. The fourth-order valence-electron chi connectivity index (χ4n) is 2.79. The van der Waals surface area contributed by atoms with Gasteiger partial charge in [0.2, 0.25) is 0 Å². The van der Waals surface area contributed by atoms with E-state index in [0.717, 1.165) is 33.8 Å². The zero-order valence-electron chi connectivity index (χ0n) is 17.9. The van der Waals surface area contributed by atoms with E-state index in [1.807, 2.05) is 50.2 Å². The molecule has 1 atom stereocenters. The fourth-order valence-corrected chi connectivity index (χ4v) is 6.11. The first kappa shape index (κ1) is 24.9. The predicted molar refractivity (Wildman–Crippen MR) is 129 cm³/mol. The molecule has 0 N–H and O–H groups in total. The van der Waals surface area contributed by atoms with E-state index in [1.54, 1.807) is 18.9 Å². The summed E-state index contributed by atoms with van der Waals surface area (Å²) < 4.78 is 11.2. The van der Waals surface area contributed by atoms with Crippen LogP contribution in [0.3, 0.4) is 0 Å². The molecule has 2 aromatic rings. The summed E-state index contributed by atoms with van der Waals surface area (Å²) in [5.74, 6) is 1.36. The Morgan fingerprint density at radius 3 is 2.43 bits per heavy atom. The summed E-state index contributed by atoms with van der Waals surface area (Å²) in [6, 6.07) is 16.0. The van der Waals surface area contributed by atoms with Crippen molar-refractivity contribution < 1.29 is 14.3 Å². The van der Waals surface area contributed by atoms with Crippen molar-refractivity contribution in [3.8, 4) is 5.75 Å². The van der Waals surface area contributed by atoms with E-state index in [9.17, 15) is 4.79 Å². The zero-order valence-corrected chi connectivity index (χ0v) is 21.2. The molecule has 0 fully saturated rings. The Morgan fingerprint density at radius 1 is 1.17 bits per heavy atom. The SMILES string of the molecule is CCOC(=O)[C@](C)(/C=C(\C)CC[Se]c1ccc(Cl)cc1)SCc1ccc(OC)cc1. The van der Waals surface area contributed by atoms with Crippen molar-refractivity contribution in [3.05, 3.63) is 70.8 Å². The molecule has 0 radical (unpaired) electrons. The predicted octanol–water partition coefficient (Wildman–Crippen LogP) is 5.69.